The number of carbonyl (C=O) groups is 1. The summed E-state index contributed by atoms with van der Waals surface area (Å²) in [7, 11) is 0. The van der Waals surface area contributed by atoms with Crippen LogP contribution in [0, 0.1) is 10.1 Å². The van der Waals surface area contributed by atoms with Crippen LogP contribution in [0.2, 0.25) is 0 Å². The van der Waals surface area contributed by atoms with Gasteiger partial charge in [-0.2, -0.15) is 11.8 Å². The molecule has 0 fully saturated rings. The molecule has 0 aromatic heterocycles. The molecule has 1 aromatic carbocycles. The van der Waals surface area contributed by atoms with E-state index in [0.717, 1.165) is 18.6 Å². The molecule has 0 saturated carbocycles. The van der Waals surface area contributed by atoms with Crippen LogP contribution in [-0.4, -0.2) is 29.4 Å². The number of hydrogen-bond donors (Lipinski definition) is 3. The van der Waals surface area contributed by atoms with Gasteiger partial charge in [0.2, 0.25) is 0 Å². The summed E-state index contributed by atoms with van der Waals surface area (Å²) < 4.78 is 0. The lowest BCUT2D eigenvalue weighted by Gasteiger charge is -2.09. The van der Waals surface area contributed by atoms with E-state index in [9.17, 15) is 14.9 Å². The maximum atomic E-state index is 12.0. The van der Waals surface area contributed by atoms with Gasteiger partial charge in [-0.15, -0.1) is 0 Å². The number of nitrogens with two attached hydrogens (primary N) is 1. The third-order valence-corrected chi connectivity index (χ3v) is 3.37. The fourth-order valence-electron chi connectivity index (χ4n) is 1.63. The Hall–Kier alpha value is -1.80. The van der Waals surface area contributed by atoms with E-state index in [-0.39, 0.29) is 17.2 Å². The van der Waals surface area contributed by atoms with E-state index in [2.05, 4.69) is 10.7 Å². The number of nitrogens with one attached hydrogen (secondary N) is 2. The molecule has 1 aromatic rings. The second-order valence-corrected chi connectivity index (χ2v) is 5.07. The van der Waals surface area contributed by atoms with Crippen LogP contribution in [0.1, 0.15) is 23.2 Å². The topological polar surface area (TPSA) is 110 Å². The minimum absolute atomic E-state index is 0.142. The smallest absolute Gasteiger partial charge is 0.270 e. The van der Waals surface area contributed by atoms with Gasteiger partial charge in [-0.1, -0.05) is 0 Å². The van der Waals surface area contributed by atoms with E-state index >= 15 is 0 Å². The summed E-state index contributed by atoms with van der Waals surface area (Å²) in [6, 6.07) is 3.93. The molecule has 0 spiro atoms. The molecule has 0 bridgehead atoms. The molecule has 1 amide bonds. The van der Waals surface area contributed by atoms with Crippen molar-refractivity contribution in [3.63, 3.8) is 0 Å². The van der Waals surface area contributed by atoms with Crippen LogP contribution in [0.25, 0.3) is 0 Å². The van der Waals surface area contributed by atoms with Crippen LogP contribution in [0.15, 0.2) is 18.2 Å². The minimum atomic E-state index is -0.546. The van der Waals surface area contributed by atoms with E-state index in [4.69, 9.17) is 5.84 Å². The highest BCUT2D eigenvalue weighted by Gasteiger charge is 2.15. The van der Waals surface area contributed by atoms with Crippen molar-refractivity contribution in [2.24, 2.45) is 5.84 Å². The molecule has 0 aliphatic heterocycles. The fraction of sp³-hybridized carbons (Fsp3) is 0.417. The van der Waals surface area contributed by atoms with Crippen LogP contribution in [0.4, 0.5) is 11.4 Å². The number of thioether (sulfide) groups is 1. The largest absolute Gasteiger partial charge is 0.352 e. The van der Waals surface area contributed by atoms with Crippen molar-refractivity contribution in [1.82, 2.24) is 5.32 Å². The first kappa shape index (κ1) is 16.3. The molecule has 0 unspecified atom stereocenters. The zero-order valence-corrected chi connectivity index (χ0v) is 12.0. The summed E-state index contributed by atoms with van der Waals surface area (Å²) in [6.07, 6.45) is 3.91. The number of nitro benzene ring substituents is 1. The summed E-state index contributed by atoms with van der Waals surface area (Å²) in [5, 5.41) is 13.5. The van der Waals surface area contributed by atoms with Crippen molar-refractivity contribution >= 4 is 29.0 Å². The van der Waals surface area contributed by atoms with Crippen LogP contribution in [0.3, 0.4) is 0 Å². The number of anilines is 1. The van der Waals surface area contributed by atoms with Gasteiger partial charge < -0.3 is 10.7 Å². The Morgan fingerprint density at radius 2 is 2.20 bits per heavy atom. The molecule has 8 heteroatoms. The van der Waals surface area contributed by atoms with Crippen LogP contribution in [0.5, 0.6) is 0 Å². The van der Waals surface area contributed by atoms with Crippen molar-refractivity contribution in [1.29, 1.82) is 0 Å². The molecule has 110 valence electrons. The van der Waals surface area contributed by atoms with E-state index in [1.807, 2.05) is 6.26 Å². The molecule has 20 heavy (non-hydrogen) atoms. The number of hydrazine groups is 1. The van der Waals surface area contributed by atoms with Gasteiger partial charge in [-0.05, 0) is 30.9 Å². The average molecular weight is 298 g/mol. The lowest BCUT2D eigenvalue weighted by Crippen LogP contribution is -2.26. The summed E-state index contributed by atoms with van der Waals surface area (Å²) in [5.41, 5.74) is 2.76. The number of hydrogen-bond acceptors (Lipinski definition) is 6. The Bertz CT molecular complexity index is 482. The number of non-ortho nitro benzene ring substituents is 1. The van der Waals surface area contributed by atoms with Gasteiger partial charge in [-0.3, -0.25) is 20.8 Å². The van der Waals surface area contributed by atoms with Crippen LogP contribution >= 0.6 is 11.8 Å². The molecule has 7 nitrogen and oxygen atoms in total. The SMILES string of the molecule is CSCCCCNC(=O)c1cc([N+](=O)[O-])ccc1NN. The van der Waals surface area contributed by atoms with E-state index in [1.54, 1.807) is 11.8 Å². The van der Waals surface area contributed by atoms with Gasteiger partial charge in [-0.25, -0.2) is 0 Å². The lowest BCUT2D eigenvalue weighted by molar-refractivity contribution is -0.384. The van der Waals surface area contributed by atoms with Crippen molar-refractivity contribution < 1.29 is 9.72 Å². The van der Waals surface area contributed by atoms with Crippen molar-refractivity contribution in [2.75, 3.05) is 24.0 Å². The standard InChI is InChI=1S/C12H18N4O3S/c1-20-7-3-2-6-14-12(17)10-8-9(16(18)19)4-5-11(10)15-13/h4-5,8,15H,2-3,6-7,13H2,1H3,(H,14,17). The number of amides is 1. The molecular weight excluding hydrogens is 280 g/mol. The average Bonchev–Trinajstić information content (AvgIpc) is 2.46. The second-order valence-electron chi connectivity index (χ2n) is 4.09. The van der Waals surface area contributed by atoms with Gasteiger partial charge in [0.25, 0.3) is 11.6 Å². The highest BCUT2D eigenvalue weighted by atomic mass is 32.2. The van der Waals surface area contributed by atoms with E-state index in [1.165, 1.54) is 18.2 Å². The number of nitrogens with zero attached hydrogens (tertiary/aromatic N) is 1. The third kappa shape index (κ3) is 4.71. The van der Waals surface area contributed by atoms with Crippen molar-refractivity contribution in [3.8, 4) is 0 Å². The minimum Gasteiger partial charge on any atom is -0.352 e. The predicted octanol–water partition coefficient (Wildman–Crippen LogP) is 1.75. The van der Waals surface area contributed by atoms with E-state index < -0.39 is 4.92 Å². The maximum absolute atomic E-state index is 12.0. The highest BCUT2D eigenvalue weighted by Crippen LogP contribution is 2.21. The summed E-state index contributed by atoms with van der Waals surface area (Å²) in [6.45, 7) is 0.534. The van der Waals surface area contributed by atoms with Gasteiger partial charge in [0.1, 0.15) is 0 Å². The monoisotopic (exact) mass is 298 g/mol. The van der Waals surface area contributed by atoms with Gasteiger partial charge in [0.15, 0.2) is 0 Å². The predicted molar refractivity (Wildman–Crippen MR) is 80.9 cm³/mol. The summed E-state index contributed by atoms with van der Waals surface area (Å²) in [4.78, 5) is 22.2. The normalized spacial score (nSPS) is 10.1. The molecule has 0 atom stereocenters. The lowest BCUT2D eigenvalue weighted by atomic mass is 10.1. The zero-order chi connectivity index (χ0) is 15.0. The van der Waals surface area contributed by atoms with E-state index in [0.29, 0.717) is 12.2 Å². The molecule has 1 rings (SSSR count). The van der Waals surface area contributed by atoms with Gasteiger partial charge in [0.05, 0.1) is 16.2 Å². The first-order chi connectivity index (χ1) is 9.60. The quantitative estimate of drug-likeness (QED) is 0.292. The highest BCUT2D eigenvalue weighted by molar-refractivity contribution is 7.98. The second kappa shape index (κ2) is 8.39. The molecular formula is C12H18N4O3S. The first-order valence-corrected chi connectivity index (χ1v) is 7.51. The van der Waals surface area contributed by atoms with Crippen molar-refractivity contribution in [2.45, 2.75) is 12.8 Å². The maximum Gasteiger partial charge on any atom is 0.270 e. The molecule has 0 aliphatic rings. The number of rotatable bonds is 8. The van der Waals surface area contributed by atoms with Crippen molar-refractivity contribution in [3.05, 3.63) is 33.9 Å². The number of benzene rings is 1. The van der Waals surface area contributed by atoms with Gasteiger partial charge in [0, 0.05) is 18.7 Å². The fourth-order valence-corrected chi connectivity index (χ4v) is 2.12. The van der Waals surface area contributed by atoms with Crippen LogP contribution < -0.4 is 16.6 Å². The summed E-state index contributed by atoms with van der Waals surface area (Å²) in [5.74, 6) is 5.98. The zero-order valence-electron chi connectivity index (χ0n) is 11.2. The number of carbonyl (C=O) groups excluding carboxylic acids is 1. The molecule has 0 saturated heterocycles. The Labute approximate surface area is 121 Å². The number of unbranched alkanes of at least 4 members (excludes halogenated alkanes) is 1. The molecule has 4 N–H and O–H groups in total. The Kier molecular flexibility index (Phi) is 6.82. The molecule has 0 aliphatic carbocycles. The Morgan fingerprint density at radius 1 is 1.45 bits per heavy atom. The summed E-state index contributed by atoms with van der Waals surface area (Å²) >= 11 is 1.75. The molecule has 0 radical (unpaired) electrons. The first-order valence-electron chi connectivity index (χ1n) is 6.12. The van der Waals surface area contributed by atoms with Crippen LogP contribution in [-0.2, 0) is 0 Å². The Morgan fingerprint density at radius 3 is 2.80 bits per heavy atom. The Balaban J connectivity index is 2.70. The molecule has 0 heterocycles. The van der Waals surface area contributed by atoms with Gasteiger partial charge >= 0.3 is 0 Å². The third-order valence-electron chi connectivity index (χ3n) is 2.67. The number of nitro groups is 1. The number of nitrogen functional groups attached to an aromatic ring is 1.